The summed E-state index contributed by atoms with van der Waals surface area (Å²) in [4.78, 5) is 2.13. The maximum absolute atomic E-state index is 13.5. The first-order chi connectivity index (χ1) is 8.15. The van der Waals surface area contributed by atoms with Crippen LogP contribution in [0.25, 0.3) is 0 Å². The lowest BCUT2D eigenvalue weighted by molar-refractivity contribution is 0.388. The van der Waals surface area contributed by atoms with Gasteiger partial charge in [0.2, 0.25) is 0 Å². The SMILES string of the molecule is COc1cccc(F)c1CNCCCN(C)C. The third-order valence-electron chi connectivity index (χ3n) is 2.56. The number of nitrogens with one attached hydrogen (secondary N) is 1. The normalized spacial score (nSPS) is 10.9. The summed E-state index contributed by atoms with van der Waals surface area (Å²) in [6.07, 6.45) is 1.05. The van der Waals surface area contributed by atoms with Crippen LogP contribution >= 0.6 is 0 Å². The van der Waals surface area contributed by atoms with Crippen LogP contribution in [0.3, 0.4) is 0 Å². The maximum atomic E-state index is 13.5. The third-order valence-corrected chi connectivity index (χ3v) is 2.56. The lowest BCUT2D eigenvalue weighted by Crippen LogP contribution is -2.21. The summed E-state index contributed by atoms with van der Waals surface area (Å²) in [5, 5.41) is 3.23. The molecular weight excluding hydrogens is 219 g/mol. The standard InChI is InChI=1S/C13H21FN2O/c1-16(2)9-5-8-15-10-11-12(14)6-4-7-13(11)17-3/h4,6-7,15H,5,8-10H2,1-3H3. The molecule has 0 saturated carbocycles. The summed E-state index contributed by atoms with van der Waals surface area (Å²) in [5.74, 6) is 0.384. The molecule has 1 aromatic rings. The minimum absolute atomic E-state index is 0.218. The molecule has 0 spiro atoms. The molecule has 0 saturated heterocycles. The molecule has 0 heterocycles. The van der Waals surface area contributed by atoms with Crippen molar-refractivity contribution >= 4 is 0 Å². The summed E-state index contributed by atoms with van der Waals surface area (Å²) < 4.78 is 18.7. The Kier molecular flexibility index (Phi) is 5.94. The molecule has 4 heteroatoms. The first-order valence-corrected chi connectivity index (χ1v) is 5.82. The van der Waals surface area contributed by atoms with Gasteiger partial charge in [-0.3, -0.25) is 0 Å². The topological polar surface area (TPSA) is 24.5 Å². The highest BCUT2D eigenvalue weighted by Crippen LogP contribution is 2.20. The van der Waals surface area contributed by atoms with Crippen molar-refractivity contribution in [2.45, 2.75) is 13.0 Å². The molecule has 0 amide bonds. The van der Waals surface area contributed by atoms with Crippen LogP contribution in [0.2, 0.25) is 0 Å². The zero-order valence-electron chi connectivity index (χ0n) is 10.8. The fourth-order valence-electron chi connectivity index (χ4n) is 1.64. The molecule has 0 fully saturated rings. The van der Waals surface area contributed by atoms with Crippen LogP contribution in [0.1, 0.15) is 12.0 Å². The van der Waals surface area contributed by atoms with Gasteiger partial charge in [0, 0.05) is 12.1 Å². The number of benzene rings is 1. The van der Waals surface area contributed by atoms with Gasteiger partial charge in [-0.05, 0) is 45.7 Å². The quantitative estimate of drug-likeness (QED) is 0.736. The lowest BCUT2D eigenvalue weighted by atomic mass is 10.2. The molecule has 0 radical (unpaired) electrons. The third kappa shape index (κ3) is 4.71. The monoisotopic (exact) mass is 240 g/mol. The Morgan fingerprint density at radius 2 is 2.12 bits per heavy atom. The summed E-state index contributed by atoms with van der Waals surface area (Å²) in [6.45, 7) is 2.40. The van der Waals surface area contributed by atoms with Gasteiger partial charge in [-0.2, -0.15) is 0 Å². The van der Waals surface area contributed by atoms with Gasteiger partial charge in [0.1, 0.15) is 11.6 Å². The van der Waals surface area contributed by atoms with Crippen LogP contribution < -0.4 is 10.1 Å². The number of nitrogens with zero attached hydrogens (tertiary/aromatic N) is 1. The molecule has 0 unspecified atom stereocenters. The van der Waals surface area contributed by atoms with Crippen molar-refractivity contribution in [1.29, 1.82) is 0 Å². The van der Waals surface area contributed by atoms with Crippen molar-refractivity contribution in [3.05, 3.63) is 29.6 Å². The Labute approximate surface area is 103 Å². The molecule has 96 valence electrons. The molecule has 0 aliphatic carbocycles. The zero-order valence-corrected chi connectivity index (χ0v) is 10.8. The molecule has 1 N–H and O–H groups in total. The molecule has 0 atom stereocenters. The molecule has 1 aromatic carbocycles. The van der Waals surface area contributed by atoms with E-state index in [1.165, 1.54) is 6.07 Å². The number of hydrogen-bond donors (Lipinski definition) is 1. The van der Waals surface area contributed by atoms with Crippen molar-refractivity contribution < 1.29 is 9.13 Å². The predicted molar refractivity (Wildman–Crippen MR) is 67.8 cm³/mol. The molecule has 0 aliphatic rings. The Bertz CT molecular complexity index is 342. The number of halogens is 1. The Morgan fingerprint density at radius 1 is 1.35 bits per heavy atom. The van der Waals surface area contributed by atoms with E-state index in [4.69, 9.17) is 4.74 Å². The second kappa shape index (κ2) is 7.25. The van der Waals surface area contributed by atoms with E-state index < -0.39 is 0 Å². The van der Waals surface area contributed by atoms with Crippen LogP contribution in [0, 0.1) is 5.82 Å². The zero-order chi connectivity index (χ0) is 12.7. The molecular formula is C13H21FN2O. The van der Waals surface area contributed by atoms with Crippen LogP contribution in [-0.4, -0.2) is 39.2 Å². The minimum atomic E-state index is -0.218. The summed E-state index contributed by atoms with van der Waals surface area (Å²) in [7, 11) is 5.64. The van der Waals surface area contributed by atoms with E-state index >= 15 is 0 Å². The van der Waals surface area contributed by atoms with Gasteiger partial charge in [-0.25, -0.2) is 4.39 Å². The van der Waals surface area contributed by atoms with Crippen molar-refractivity contribution in [1.82, 2.24) is 10.2 Å². The van der Waals surface area contributed by atoms with Gasteiger partial charge >= 0.3 is 0 Å². The molecule has 0 aliphatic heterocycles. The van der Waals surface area contributed by atoms with E-state index in [1.807, 2.05) is 14.1 Å². The average Bonchev–Trinajstić information content (AvgIpc) is 2.30. The number of ether oxygens (including phenoxy) is 1. The molecule has 0 bridgehead atoms. The van der Waals surface area contributed by atoms with Gasteiger partial charge in [-0.1, -0.05) is 6.07 Å². The van der Waals surface area contributed by atoms with E-state index in [-0.39, 0.29) is 5.82 Å². The van der Waals surface area contributed by atoms with Crippen molar-refractivity contribution in [2.24, 2.45) is 0 Å². The highest BCUT2D eigenvalue weighted by Gasteiger charge is 2.07. The lowest BCUT2D eigenvalue weighted by Gasteiger charge is -2.12. The van der Waals surface area contributed by atoms with Gasteiger partial charge in [0.05, 0.1) is 7.11 Å². The van der Waals surface area contributed by atoms with Crippen molar-refractivity contribution in [2.75, 3.05) is 34.3 Å². The fourth-order valence-corrected chi connectivity index (χ4v) is 1.64. The van der Waals surface area contributed by atoms with Gasteiger partial charge in [0.15, 0.2) is 0 Å². The van der Waals surface area contributed by atoms with E-state index in [1.54, 1.807) is 19.2 Å². The van der Waals surface area contributed by atoms with Crippen molar-refractivity contribution in [3.63, 3.8) is 0 Å². The summed E-state index contributed by atoms with van der Waals surface area (Å²) >= 11 is 0. The fraction of sp³-hybridized carbons (Fsp3) is 0.538. The van der Waals surface area contributed by atoms with Crippen LogP contribution in [-0.2, 0) is 6.54 Å². The smallest absolute Gasteiger partial charge is 0.131 e. The predicted octanol–water partition coefficient (Wildman–Crippen LogP) is 1.88. The number of rotatable bonds is 7. The minimum Gasteiger partial charge on any atom is -0.496 e. The summed E-state index contributed by atoms with van der Waals surface area (Å²) in [5.41, 5.74) is 0.597. The second-order valence-electron chi connectivity index (χ2n) is 4.25. The largest absolute Gasteiger partial charge is 0.496 e. The first-order valence-electron chi connectivity index (χ1n) is 5.82. The Morgan fingerprint density at radius 3 is 2.76 bits per heavy atom. The number of hydrogen-bond acceptors (Lipinski definition) is 3. The van der Waals surface area contributed by atoms with E-state index in [0.29, 0.717) is 17.9 Å². The van der Waals surface area contributed by atoms with E-state index in [9.17, 15) is 4.39 Å². The first kappa shape index (κ1) is 13.9. The van der Waals surface area contributed by atoms with Crippen molar-refractivity contribution in [3.8, 4) is 5.75 Å². The Hall–Kier alpha value is -1.13. The molecule has 17 heavy (non-hydrogen) atoms. The van der Waals surface area contributed by atoms with Crippen LogP contribution in [0.5, 0.6) is 5.75 Å². The molecule has 1 rings (SSSR count). The summed E-state index contributed by atoms with van der Waals surface area (Å²) in [6, 6.07) is 4.89. The van der Waals surface area contributed by atoms with E-state index in [2.05, 4.69) is 10.2 Å². The van der Waals surface area contributed by atoms with Crippen LogP contribution in [0.15, 0.2) is 18.2 Å². The maximum Gasteiger partial charge on any atom is 0.131 e. The molecule has 0 aromatic heterocycles. The van der Waals surface area contributed by atoms with Gasteiger partial charge in [-0.15, -0.1) is 0 Å². The second-order valence-corrected chi connectivity index (χ2v) is 4.25. The highest BCUT2D eigenvalue weighted by atomic mass is 19.1. The van der Waals surface area contributed by atoms with E-state index in [0.717, 1.165) is 19.5 Å². The number of methoxy groups -OCH3 is 1. The average molecular weight is 240 g/mol. The van der Waals surface area contributed by atoms with Crippen LogP contribution in [0.4, 0.5) is 4.39 Å². The molecule has 3 nitrogen and oxygen atoms in total. The highest BCUT2D eigenvalue weighted by molar-refractivity contribution is 5.34. The van der Waals surface area contributed by atoms with Gasteiger partial charge < -0.3 is 15.0 Å². The van der Waals surface area contributed by atoms with Gasteiger partial charge in [0.25, 0.3) is 0 Å². The Balaban J connectivity index is 2.40.